The van der Waals surface area contributed by atoms with Gasteiger partial charge in [0.15, 0.2) is 11.5 Å². The number of rotatable bonds is 5. The number of carbonyl (C=O) groups is 1. The van der Waals surface area contributed by atoms with Crippen LogP contribution in [0.15, 0.2) is 48.8 Å². The molecule has 0 bridgehead atoms. The second-order valence-electron chi connectivity index (χ2n) is 3.96. The fourth-order valence-corrected chi connectivity index (χ4v) is 1.64. The summed E-state index contributed by atoms with van der Waals surface area (Å²) in [7, 11) is 0. The van der Waals surface area contributed by atoms with Gasteiger partial charge in [-0.15, -0.1) is 0 Å². The summed E-state index contributed by atoms with van der Waals surface area (Å²) in [5, 5.41) is 18.8. The first-order valence-electron chi connectivity index (χ1n) is 5.72. The van der Waals surface area contributed by atoms with E-state index >= 15 is 0 Å². The molecule has 5 heteroatoms. The van der Waals surface area contributed by atoms with Crippen LogP contribution in [0.3, 0.4) is 0 Å². The Hall–Kier alpha value is -2.56. The average molecular weight is 259 g/mol. The molecule has 0 amide bonds. The molecule has 0 saturated carbocycles. The van der Waals surface area contributed by atoms with E-state index in [1.165, 1.54) is 12.3 Å². The largest absolute Gasteiger partial charge is 0.504 e. The number of aromatic hydroxyl groups is 1. The van der Waals surface area contributed by atoms with Gasteiger partial charge in [-0.05, 0) is 23.8 Å². The summed E-state index contributed by atoms with van der Waals surface area (Å²) < 4.78 is 5.36. The number of ether oxygens (including phenoxy) is 1. The van der Waals surface area contributed by atoms with Gasteiger partial charge in [0.1, 0.15) is 12.5 Å². The zero-order valence-corrected chi connectivity index (χ0v) is 10.1. The number of phenols is 1. The molecule has 1 unspecified atom stereocenters. The number of pyridine rings is 1. The average Bonchev–Trinajstić information content (AvgIpc) is 2.42. The molecule has 0 fully saturated rings. The Kier molecular flexibility index (Phi) is 3.97. The Balaban J connectivity index is 2.11. The van der Waals surface area contributed by atoms with Crippen molar-refractivity contribution >= 4 is 5.97 Å². The third-order valence-corrected chi connectivity index (χ3v) is 2.66. The summed E-state index contributed by atoms with van der Waals surface area (Å²) in [6.07, 6.45) is 3.07. The zero-order chi connectivity index (χ0) is 13.7. The normalized spacial score (nSPS) is 11.8. The van der Waals surface area contributed by atoms with E-state index in [9.17, 15) is 15.0 Å². The number of carboxylic acids is 1. The van der Waals surface area contributed by atoms with E-state index in [1.54, 1.807) is 36.5 Å². The summed E-state index contributed by atoms with van der Waals surface area (Å²) in [5.41, 5.74) is 0.561. The molecule has 0 aliphatic rings. The maximum Gasteiger partial charge on any atom is 0.314 e. The van der Waals surface area contributed by atoms with Crippen molar-refractivity contribution in [2.75, 3.05) is 6.61 Å². The van der Waals surface area contributed by atoms with Crippen molar-refractivity contribution in [2.24, 2.45) is 0 Å². The molecule has 1 atom stereocenters. The fourth-order valence-electron chi connectivity index (χ4n) is 1.64. The van der Waals surface area contributed by atoms with Gasteiger partial charge in [0.2, 0.25) is 0 Å². The molecule has 0 aliphatic carbocycles. The molecule has 0 radical (unpaired) electrons. The number of para-hydroxylation sites is 2. The van der Waals surface area contributed by atoms with E-state index in [1.807, 2.05) is 0 Å². The van der Waals surface area contributed by atoms with Gasteiger partial charge in [0.05, 0.1) is 0 Å². The van der Waals surface area contributed by atoms with Crippen molar-refractivity contribution in [1.82, 2.24) is 4.98 Å². The van der Waals surface area contributed by atoms with Gasteiger partial charge in [-0.25, -0.2) is 0 Å². The van der Waals surface area contributed by atoms with Crippen molar-refractivity contribution in [3.05, 3.63) is 54.4 Å². The molecule has 2 rings (SSSR count). The number of hydrogen-bond donors (Lipinski definition) is 2. The second-order valence-corrected chi connectivity index (χ2v) is 3.96. The number of benzene rings is 1. The smallest absolute Gasteiger partial charge is 0.314 e. The van der Waals surface area contributed by atoms with Crippen LogP contribution in [-0.4, -0.2) is 27.8 Å². The molecule has 0 aliphatic heterocycles. The summed E-state index contributed by atoms with van der Waals surface area (Å²) in [6.45, 7) is -0.0708. The lowest BCUT2D eigenvalue weighted by Gasteiger charge is -2.14. The number of hydrogen-bond acceptors (Lipinski definition) is 4. The molecule has 2 aromatic rings. The lowest BCUT2D eigenvalue weighted by atomic mass is 10.0. The van der Waals surface area contributed by atoms with E-state index in [4.69, 9.17) is 4.74 Å². The lowest BCUT2D eigenvalue weighted by Crippen LogP contribution is -2.19. The number of nitrogens with zero attached hydrogens (tertiary/aromatic N) is 1. The van der Waals surface area contributed by atoms with E-state index in [2.05, 4.69) is 4.98 Å². The third kappa shape index (κ3) is 3.22. The Morgan fingerprint density at radius 3 is 2.68 bits per heavy atom. The van der Waals surface area contributed by atoms with E-state index in [0.717, 1.165) is 0 Å². The number of phenolic OH excluding ortho intramolecular Hbond substituents is 1. The van der Waals surface area contributed by atoms with Crippen LogP contribution in [0.1, 0.15) is 11.5 Å². The highest BCUT2D eigenvalue weighted by Crippen LogP contribution is 2.26. The Labute approximate surface area is 110 Å². The van der Waals surface area contributed by atoms with Crippen molar-refractivity contribution in [2.45, 2.75) is 5.92 Å². The van der Waals surface area contributed by atoms with Crippen LogP contribution >= 0.6 is 0 Å². The molecule has 0 spiro atoms. The van der Waals surface area contributed by atoms with E-state index < -0.39 is 11.9 Å². The van der Waals surface area contributed by atoms with Crippen LogP contribution < -0.4 is 4.74 Å². The van der Waals surface area contributed by atoms with Gasteiger partial charge < -0.3 is 14.9 Å². The van der Waals surface area contributed by atoms with Gasteiger partial charge in [0.25, 0.3) is 0 Å². The van der Waals surface area contributed by atoms with E-state index in [0.29, 0.717) is 5.56 Å². The first kappa shape index (κ1) is 12.9. The van der Waals surface area contributed by atoms with Crippen LogP contribution in [0.2, 0.25) is 0 Å². The van der Waals surface area contributed by atoms with Gasteiger partial charge in [-0.2, -0.15) is 0 Å². The predicted molar refractivity (Wildman–Crippen MR) is 68.2 cm³/mol. The Morgan fingerprint density at radius 2 is 2.05 bits per heavy atom. The summed E-state index contributed by atoms with van der Waals surface area (Å²) in [5.74, 6) is -1.58. The highest BCUT2D eigenvalue weighted by atomic mass is 16.5. The minimum Gasteiger partial charge on any atom is -0.504 e. The SMILES string of the molecule is O=C(O)C(COc1ccccc1O)c1cccnc1. The topological polar surface area (TPSA) is 79.7 Å². The number of carboxylic acid groups (broad SMARTS) is 1. The summed E-state index contributed by atoms with van der Waals surface area (Å²) in [6, 6.07) is 9.78. The molecular weight excluding hydrogens is 246 g/mol. The standard InChI is InChI=1S/C14H13NO4/c16-12-5-1-2-6-13(12)19-9-11(14(17)18)10-4-3-7-15-8-10/h1-8,11,16H,9H2,(H,17,18). The maximum atomic E-state index is 11.2. The van der Waals surface area contributed by atoms with Gasteiger partial charge in [-0.3, -0.25) is 9.78 Å². The van der Waals surface area contributed by atoms with Crippen molar-refractivity contribution in [1.29, 1.82) is 0 Å². The Bertz CT molecular complexity index is 556. The van der Waals surface area contributed by atoms with Crippen molar-refractivity contribution < 1.29 is 19.7 Å². The van der Waals surface area contributed by atoms with Crippen molar-refractivity contribution in [3.8, 4) is 11.5 Å². The van der Waals surface area contributed by atoms with Gasteiger partial charge in [0, 0.05) is 12.4 Å². The molecule has 19 heavy (non-hydrogen) atoms. The molecular formula is C14H13NO4. The second kappa shape index (κ2) is 5.86. The molecule has 98 valence electrons. The number of aliphatic carboxylic acids is 1. The lowest BCUT2D eigenvalue weighted by molar-refractivity contribution is -0.139. The van der Waals surface area contributed by atoms with Gasteiger partial charge >= 0.3 is 5.97 Å². The fraction of sp³-hybridized carbons (Fsp3) is 0.143. The predicted octanol–water partition coefficient (Wildman–Crippen LogP) is 2.03. The first-order valence-corrected chi connectivity index (χ1v) is 5.72. The molecule has 1 aromatic carbocycles. The Morgan fingerprint density at radius 1 is 1.26 bits per heavy atom. The minimum atomic E-state index is -0.997. The molecule has 2 N–H and O–H groups in total. The summed E-state index contributed by atoms with van der Waals surface area (Å²) >= 11 is 0. The zero-order valence-electron chi connectivity index (χ0n) is 10.1. The van der Waals surface area contributed by atoms with Crippen molar-refractivity contribution in [3.63, 3.8) is 0 Å². The van der Waals surface area contributed by atoms with Crippen LogP contribution in [0.25, 0.3) is 0 Å². The van der Waals surface area contributed by atoms with Crippen LogP contribution in [0.5, 0.6) is 11.5 Å². The molecule has 0 saturated heterocycles. The van der Waals surface area contributed by atoms with Crippen LogP contribution in [0, 0.1) is 0 Å². The maximum absolute atomic E-state index is 11.2. The first-order chi connectivity index (χ1) is 9.18. The third-order valence-electron chi connectivity index (χ3n) is 2.66. The monoisotopic (exact) mass is 259 g/mol. The van der Waals surface area contributed by atoms with Gasteiger partial charge in [-0.1, -0.05) is 18.2 Å². The molecule has 5 nitrogen and oxygen atoms in total. The van der Waals surface area contributed by atoms with Crippen LogP contribution in [0.4, 0.5) is 0 Å². The van der Waals surface area contributed by atoms with Crippen LogP contribution in [-0.2, 0) is 4.79 Å². The quantitative estimate of drug-likeness (QED) is 0.858. The molecule has 1 aromatic heterocycles. The highest BCUT2D eigenvalue weighted by molar-refractivity contribution is 5.76. The van der Waals surface area contributed by atoms with E-state index in [-0.39, 0.29) is 18.1 Å². The highest BCUT2D eigenvalue weighted by Gasteiger charge is 2.21. The summed E-state index contributed by atoms with van der Waals surface area (Å²) in [4.78, 5) is 15.1. The molecule has 1 heterocycles. The minimum absolute atomic E-state index is 0.0159. The number of aromatic nitrogens is 1.